The van der Waals surface area contributed by atoms with E-state index < -0.39 is 12.0 Å². The first-order chi connectivity index (χ1) is 6.98. The Morgan fingerprint density at radius 2 is 2.13 bits per heavy atom. The number of rotatable bonds is 1. The first-order valence-corrected chi connectivity index (χ1v) is 5.03. The maximum Gasteiger partial charge on any atom is 0.449 e. The lowest BCUT2D eigenvalue weighted by atomic mass is 10.2. The number of alkyl halides is 3. The normalized spacial score (nSPS) is 12.0. The van der Waals surface area contributed by atoms with Crippen LogP contribution in [-0.2, 0) is 6.18 Å². The molecule has 15 heavy (non-hydrogen) atoms. The van der Waals surface area contributed by atoms with Crippen molar-refractivity contribution >= 4 is 11.3 Å². The molecule has 0 spiro atoms. The summed E-state index contributed by atoms with van der Waals surface area (Å²) in [4.78, 5) is 6.37. The highest BCUT2D eigenvalue weighted by molar-refractivity contribution is 7.13. The molecule has 1 N–H and O–H groups in total. The van der Waals surface area contributed by atoms with E-state index in [2.05, 4.69) is 9.97 Å². The van der Waals surface area contributed by atoms with Gasteiger partial charge < -0.3 is 4.98 Å². The van der Waals surface area contributed by atoms with Crippen LogP contribution < -0.4 is 0 Å². The Labute approximate surface area is 87.8 Å². The minimum Gasteiger partial charge on any atom is -0.334 e. The van der Waals surface area contributed by atoms with Crippen LogP contribution in [0.3, 0.4) is 0 Å². The van der Waals surface area contributed by atoms with Gasteiger partial charge in [0.15, 0.2) is 0 Å². The summed E-state index contributed by atoms with van der Waals surface area (Å²) in [6, 6.07) is 1.86. The molecular weight excluding hydrogens is 225 g/mol. The van der Waals surface area contributed by atoms with Gasteiger partial charge in [0.05, 0.1) is 16.8 Å². The fraction of sp³-hybridized carbons (Fsp3) is 0.222. The van der Waals surface area contributed by atoms with Crippen molar-refractivity contribution < 1.29 is 13.2 Å². The minimum absolute atomic E-state index is 0.412. The van der Waals surface area contributed by atoms with E-state index >= 15 is 0 Å². The number of thiophene rings is 1. The van der Waals surface area contributed by atoms with Crippen molar-refractivity contribution in [2.75, 3.05) is 0 Å². The molecule has 2 aromatic heterocycles. The van der Waals surface area contributed by atoms with E-state index in [1.54, 1.807) is 0 Å². The average Bonchev–Trinajstić information content (AvgIpc) is 2.69. The van der Waals surface area contributed by atoms with Gasteiger partial charge in [0.2, 0.25) is 5.82 Å². The fourth-order valence-corrected chi connectivity index (χ4v) is 2.12. The number of nitrogens with one attached hydrogen (secondary N) is 1. The fourth-order valence-electron chi connectivity index (χ4n) is 1.23. The monoisotopic (exact) mass is 232 g/mol. The maximum atomic E-state index is 12.3. The molecular formula is C9H7F3N2S. The van der Waals surface area contributed by atoms with E-state index in [0.717, 1.165) is 10.4 Å². The Balaban J connectivity index is 2.41. The quantitative estimate of drug-likeness (QED) is 0.801. The van der Waals surface area contributed by atoms with E-state index in [0.29, 0.717) is 5.69 Å². The molecule has 0 saturated heterocycles. The molecule has 0 amide bonds. The van der Waals surface area contributed by atoms with Crippen LogP contribution in [0.1, 0.15) is 11.4 Å². The van der Waals surface area contributed by atoms with E-state index in [9.17, 15) is 13.2 Å². The number of halogens is 3. The summed E-state index contributed by atoms with van der Waals surface area (Å²) >= 11 is 1.39. The number of hydrogen-bond acceptors (Lipinski definition) is 2. The Morgan fingerprint density at radius 3 is 2.60 bits per heavy atom. The molecule has 0 unspecified atom stereocenters. The van der Waals surface area contributed by atoms with Gasteiger partial charge in [-0.25, -0.2) is 4.98 Å². The molecule has 0 aliphatic carbocycles. The largest absolute Gasteiger partial charge is 0.449 e. The van der Waals surface area contributed by atoms with Crippen LogP contribution in [-0.4, -0.2) is 9.97 Å². The smallest absolute Gasteiger partial charge is 0.334 e. The third kappa shape index (κ3) is 1.90. The molecule has 6 heteroatoms. The third-order valence-corrected chi connectivity index (χ3v) is 3.00. The van der Waals surface area contributed by atoms with Gasteiger partial charge in [-0.2, -0.15) is 13.2 Å². The second-order valence-electron chi connectivity index (χ2n) is 3.08. The highest BCUT2D eigenvalue weighted by Crippen LogP contribution is 2.31. The van der Waals surface area contributed by atoms with Crippen molar-refractivity contribution in [1.82, 2.24) is 9.97 Å². The number of aryl methyl sites for hydroxylation is 1. The standard InChI is InChI=1S/C9H7F3N2S/c1-5-2-3-15-7(5)6-4-13-8(14-6)9(10,11)12/h2-4H,1H3,(H,13,14). The van der Waals surface area contributed by atoms with E-state index in [4.69, 9.17) is 0 Å². The Kier molecular flexibility index (Phi) is 2.30. The third-order valence-electron chi connectivity index (χ3n) is 1.95. The number of imidazole rings is 1. The van der Waals surface area contributed by atoms with Crippen LogP contribution >= 0.6 is 11.3 Å². The van der Waals surface area contributed by atoms with Gasteiger partial charge in [0.25, 0.3) is 0 Å². The number of aromatic nitrogens is 2. The molecule has 80 valence electrons. The summed E-state index contributed by atoms with van der Waals surface area (Å²) < 4.78 is 36.8. The number of hydrogen-bond donors (Lipinski definition) is 1. The van der Waals surface area contributed by atoms with Gasteiger partial charge in [0, 0.05) is 0 Å². The SMILES string of the molecule is Cc1ccsc1-c1cnc(C(F)(F)F)[nH]1. The van der Waals surface area contributed by atoms with Gasteiger partial charge in [-0.3, -0.25) is 0 Å². The summed E-state index contributed by atoms with van der Waals surface area (Å²) in [6.45, 7) is 1.85. The van der Waals surface area contributed by atoms with E-state index in [1.165, 1.54) is 17.5 Å². The molecule has 0 radical (unpaired) electrons. The summed E-state index contributed by atoms with van der Waals surface area (Å²) in [7, 11) is 0. The predicted molar refractivity (Wildman–Crippen MR) is 51.6 cm³/mol. The Bertz CT molecular complexity index is 470. The zero-order chi connectivity index (χ0) is 11.1. The van der Waals surface area contributed by atoms with Gasteiger partial charge in [0.1, 0.15) is 0 Å². The van der Waals surface area contributed by atoms with Crippen LogP contribution in [0, 0.1) is 6.92 Å². The summed E-state index contributed by atoms with van der Waals surface area (Å²) in [5.74, 6) is -0.953. The van der Waals surface area contributed by atoms with Crippen molar-refractivity contribution in [3.63, 3.8) is 0 Å². The van der Waals surface area contributed by atoms with E-state index in [1.807, 2.05) is 18.4 Å². The minimum atomic E-state index is -4.41. The zero-order valence-electron chi connectivity index (χ0n) is 7.72. The molecule has 0 aliphatic heterocycles. The predicted octanol–water partition coefficient (Wildman–Crippen LogP) is 3.47. The molecule has 0 bridgehead atoms. The van der Waals surface area contributed by atoms with Crippen molar-refractivity contribution in [2.45, 2.75) is 13.1 Å². The first-order valence-electron chi connectivity index (χ1n) is 4.15. The molecule has 2 rings (SSSR count). The van der Waals surface area contributed by atoms with Crippen molar-refractivity contribution in [1.29, 1.82) is 0 Å². The number of aromatic amines is 1. The lowest BCUT2D eigenvalue weighted by molar-refractivity contribution is -0.144. The van der Waals surface area contributed by atoms with Gasteiger partial charge in [-0.15, -0.1) is 11.3 Å². The van der Waals surface area contributed by atoms with Gasteiger partial charge in [-0.05, 0) is 23.9 Å². The summed E-state index contributed by atoms with van der Waals surface area (Å²) in [5.41, 5.74) is 1.35. The Hall–Kier alpha value is -1.30. The van der Waals surface area contributed by atoms with Crippen LogP contribution in [0.4, 0.5) is 13.2 Å². The van der Waals surface area contributed by atoms with E-state index in [-0.39, 0.29) is 0 Å². The highest BCUT2D eigenvalue weighted by Gasteiger charge is 2.34. The molecule has 0 atom stereocenters. The second-order valence-corrected chi connectivity index (χ2v) is 3.99. The van der Waals surface area contributed by atoms with Gasteiger partial charge in [-0.1, -0.05) is 0 Å². The van der Waals surface area contributed by atoms with Crippen LogP contribution in [0.2, 0.25) is 0 Å². The van der Waals surface area contributed by atoms with Crippen molar-refractivity contribution in [3.05, 3.63) is 29.0 Å². The average molecular weight is 232 g/mol. The molecule has 2 nitrogen and oxygen atoms in total. The first kappa shape index (κ1) is 10.2. The second kappa shape index (κ2) is 3.37. The zero-order valence-corrected chi connectivity index (χ0v) is 8.54. The molecule has 2 aromatic rings. The molecule has 0 saturated carbocycles. The molecule has 0 aromatic carbocycles. The number of nitrogens with zero attached hydrogens (tertiary/aromatic N) is 1. The summed E-state index contributed by atoms with van der Waals surface area (Å²) in [5, 5.41) is 1.83. The highest BCUT2D eigenvalue weighted by atomic mass is 32.1. The Morgan fingerprint density at radius 1 is 1.40 bits per heavy atom. The molecule has 2 heterocycles. The summed E-state index contributed by atoms with van der Waals surface area (Å²) in [6.07, 6.45) is -3.20. The van der Waals surface area contributed by atoms with Crippen LogP contribution in [0.15, 0.2) is 17.6 Å². The number of H-pyrrole nitrogens is 1. The van der Waals surface area contributed by atoms with Crippen molar-refractivity contribution in [2.24, 2.45) is 0 Å². The lowest BCUT2D eigenvalue weighted by Gasteiger charge is -2.00. The van der Waals surface area contributed by atoms with Crippen molar-refractivity contribution in [3.8, 4) is 10.6 Å². The molecule has 0 fully saturated rings. The van der Waals surface area contributed by atoms with Gasteiger partial charge >= 0.3 is 6.18 Å². The van der Waals surface area contributed by atoms with Crippen LogP contribution in [0.25, 0.3) is 10.6 Å². The topological polar surface area (TPSA) is 28.7 Å². The van der Waals surface area contributed by atoms with Crippen LogP contribution in [0.5, 0.6) is 0 Å². The maximum absolute atomic E-state index is 12.3. The molecule has 0 aliphatic rings. The lowest BCUT2D eigenvalue weighted by Crippen LogP contribution is -2.06.